The van der Waals surface area contributed by atoms with Crippen LogP contribution in [0.3, 0.4) is 0 Å². The van der Waals surface area contributed by atoms with Crippen LogP contribution in [0.1, 0.15) is 28.3 Å². The lowest BCUT2D eigenvalue weighted by molar-refractivity contribution is 0.302. The molecule has 0 aliphatic carbocycles. The van der Waals surface area contributed by atoms with Crippen molar-refractivity contribution in [2.75, 3.05) is 5.32 Å². The van der Waals surface area contributed by atoms with E-state index in [1.807, 2.05) is 24.3 Å². The molecule has 132 valence electrons. The zero-order valence-electron chi connectivity index (χ0n) is 14.1. The van der Waals surface area contributed by atoms with Gasteiger partial charge in [0.05, 0.1) is 17.9 Å². The Kier molecular flexibility index (Phi) is 4.00. The second-order valence-corrected chi connectivity index (χ2v) is 6.09. The summed E-state index contributed by atoms with van der Waals surface area (Å²) in [7, 11) is 0. The number of nitrogens with zero attached hydrogens (tertiary/aromatic N) is 2. The molecule has 0 atom stereocenters. The van der Waals surface area contributed by atoms with Crippen LogP contribution in [0.2, 0.25) is 0 Å². The molecule has 8 heteroatoms. The number of aromatic nitrogens is 4. The molecule has 0 saturated heterocycles. The van der Waals surface area contributed by atoms with Gasteiger partial charge in [0.1, 0.15) is 18.2 Å². The second-order valence-electron chi connectivity index (χ2n) is 6.09. The lowest BCUT2D eigenvalue weighted by atomic mass is 10.1. The molecule has 0 spiro atoms. The molecule has 8 nitrogen and oxygen atoms in total. The van der Waals surface area contributed by atoms with Crippen LogP contribution < -0.4 is 21.2 Å². The maximum atomic E-state index is 12.5. The fourth-order valence-electron chi connectivity index (χ4n) is 2.96. The molecule has 4 rings (SSSR count). The van der Waals surface area contributed by atoms with Crippen molar-refractivity contribution in [3.05, 3.63) is 79.4 Å². The van der Waals surface area contributed by atoms with Gasteiger partial charge in [-0.15, -0.1) is 0 Å². The van der Waals surface area contributed by atoms with Crippen LogP contribution in [0.4, 0.5) is 5.95 Å². The lowest BCUT2D eigenvalue weighted by Gasteiger charge is -2.09. The molecule has 0 amide bonds. The van der Waals surface area contributed by atoms with Gasteiger partial charge in [-0.1, -0.05) is 18.2 Å². The maximum absolute atomic E-state index is 12.5. The predicted molar refractivity (Wildman–Crippen MR) is 95.4 cm³/mol. The molecule has 0 unspecified atom stereocenters. The van der Waals surface area contributed by atoms with Gasteiger partial charge in [0.25, 0.3) is 11.1 Å². The van der Waals surface area contributed by atoms with E-state index in [1.54, 1.807) is 6.92 Å². The van der Waals surface area contributed by atoms with Gasteiger partial charge in [-0.2, -0.15) is 0 Å². The highest BCUT2D eigenvalue weighted by Crippen LogP contribution is 2.25. The van der Waals surface area contributed by atoms with E-state index in [9.17, 15) is 9.59 Å². The third-order valence-electron chi connectivity index (χ3n) is 4.16. The van der Waals surface area contributed by atoms with Crippen molar-refractivity contribution in [2.45, 2.75) is 26.5 Å². The van der Waals surface area contributed by atoms with Crippen LogP contribution in [0, 0.1) is 6.92 Å². The molecule has 26 heavy (non-hydrogen) atoms. The van der Waals surface area contributed by atoms with E-state index in [0.717, 1.165) is 11.3 Å². The number of fused-ring (bicyclic) bond motifs is 2. The lowest BCUT2D eigenvalue weighted by Crippen LogP contribution is -2.21. The highest BCUT2D eigenvalue weighted by Gasteiger charge is 2.18. The fraction of sp³-hybridized carbons (Fsp3) is 0.222. The molecule has 0 saturated carbocycles. The smallest absolute Gasteiger partial charge is 0.256 e. The summed E-state index contributed by atoms with van der Waals surface area (Å²) in [5.74, 6) is 1.62. The first kappa shape index (κ1) is 16.1. The van der Waals surface area contributed by atoms with Gasteiger partial charge in [-0.05, 0) is 18.6 Å². The molecule has 1 aromatic carbocycles. The van der Waals surface area contributed by atoms with Crippen molar-refractivity contribution < 1.29 is 4.74 Å². The predicted octanol–water partition coefficient (Wildman–Crippen LogP) is 1.26. The number of H-pyrrole nitrogens is 2. The van der Waals surface area contributed by atoms with Gasteiger partial charge in [0.2, 0.25) is 5.95 Å². The average Bonchev–Trinajstić information content (AvgIpc) is 2.79. The fourth-order valence-corrected chi connectivity index (χ4v) is 2.96. The van der Waals surface area contributed by atoms with Gasteiger partial charge >= 0.3 is 0 Å². The number of hydrogen-bond donors (Lipinski definition) is 3. The Labute approximate surface area is 148 Å². The molecular weight excluding hydrogens is 334 g/mol. The quantitative estimate of drug-likeness (QED) is 0.655. The van der Waals surface area contributed by atoms with Gasteiger partial charge in [-0.3, -0.25) is 14.6 Å². The van der Waals surface area contributed by atoms with Crippen LogP contribution >= 0.6 is 0 Å². The van der Waals surface area contributed by atoms with E-state index < -0.39 is 0 Å². The van der Waals surface area contributed by atoms with Crippen LogP contribution in [0.5, 0.6) is 5.75 Å². The van der Waals surface area contributed by atoms with Crippen molar-refractivity contribution in [1.82, 2.24) is 19.9 Å². The highest BCUT2D eigenvalue weighted by molar-refractivity contribution is 5.41. The van der Waals surface area contributed by atoms with Gasteiger partial charge in [0, 0.05) is 18.1 Å². The maximum Gasteiger partial charge on any atom is 0.256 e. The number of aromatic amines is 2. The Bertz CT molecular complexity index is 1090. The van der Waals surface area contributed by atoms with Crippen molar-refractivity contribution in [1.29, 1.82) is 0 Å². The minimum absolute atomic E-state index is 0.201. The summed E-state index contributed by atoms with van der Waals surface area (Å²) in [6.45, 7) is 2.21. The first-order chi connectivity index (χ1) is 12.6. The first-order valence-corrected chi connectivity index (χ1v) is 8.22. The van der Waals surface area contributed by atoms with Crippen LogP contribution in [0.15, 0.2) is 39.9 Å². The Balaban J connectivity index is 1.59. The Morgan fingerprint density at radius 2 is 2.04 bits per heavy atom. The zero-order chi connectivity index (χ0) is 18.1. The SMILES string of the molecule is Cc1nc(CNc2nc3c(c(=O)[nH]2)Cc2ccccc2OC3)cc(=O)[nH]1. The molecule has 2 aromatic heterocycles. The van der Waals surface area contributed by atoms with Crippen LogP contribution in [-0.2, 0) is 19.6 Å². The molecule has 0 bridgehead atoms. The topological polar surface area (TPSA) is 113 Å². The van der Waals surface area contributed by atoms with Crippen molar-refractivity contribution in [3.8, 4) is 5.75 Å². The second kappa shape index (κ2) is 6.47. The third kappa shape index (κ3) is 3.21. The average molecular weight is 351 g/mol. The Morgan fingerprint density at radius 3 is 2.88 bits per heavy atom. The molecule has 3 heterocycles. The van der Waals surface area contributed by atoms with E-state index in [2.05, 4.69) is 25.3 Å². The van der Waals surface area contributed by atoms with E-state index in [0.29, 0.717) is 35.1 Å². The molecule has 1 aliphatic rings. The normalized spacial score (nSPS) is 12.5. The van der Waals surface area contributed by atoms with Crippen molar-refractivity contribution in [3.63, 3.8) is 0 Å². The molecule has 1 aliphatic heterocycles. The number of benzene rings is 1. The van der Waals surface area contributed by atoms with Gasteiger partial charge in [-0.25, -0.2) is 9.97 Å². The summed E-state index contributed by atoms with van der Waals surface area (Å²) >= 11 is 0. The Morgan fingerprint density at radius 1 is 1.19 bits per heavy atom. The van der Waals surface area contributed by atoms with Crippen molar-refractivity contribution in [2.24, 2.45) is 0 Å². The van der Waals surface area contributed by atoms with E-state index in [4.69, 9.17) is 4.74 Å². The minimum Gasteiger partial charge on any atom is -0.487 e. The molecule has 3 N–H and O–H groups in total. The molecule has 0 radical (unpaired) electrons. The molecular formula is C18H17N5O3. The number of ether oxygens (including phenoxy) is 1. The minimum atomic E-state index is -0.219. The largest absolute Gasteiger partial charge is 0.487 e. The molecule has 0 fully saturated rings. The Hall–Kier alpha value is -3.42. The summed E-state index contributed by atoms with van der Waals surface area (Å²) in [5, 5.41) is 3.01. The van der Waals surface area contributed by atoms with Gasteiger partial charge < -0.3 is 15.0 Å². The van der Waals surface area contributed by atoms with Crippen molar-refractivity contribution >= 4 is 5.95 Å². The molecule has 3 aromatic rings. The monoisotopic (exact) mass is 351 g/mol. The summed E-state index contributed by atoms with van der Waals surface area (Å²) in [6, 6.07) is 9.05. The number of nitrogens with one attached hydrogen (secondary N) is 3. The van der Waals surface area contributed by atoms with Crippen LogP contribution in [0.25, 0.3) is 0 Å². The number of aryl methyl sites for hydroxylation is 1. The summed E-state index contributed by atoms with van der Waals surface area (Å²) in [6.07, 6.45) is 0.475. The van der Waals surface area contributed by atoms with Crippen LogP contribution in [-0.4, -0.2) is 19.9 Å². The zero-order valence-corrected chi connectivity index (χ0v) is 14.1. The van der Waals surface area contributed by atoms with E-state index >= 15 is 0 Å². The number of para-hydroxylation sites is 1. The third-order valence-corrected chi connectivity index (χ3v) is 4.16. The number of hydrogen-bond acceptors (Lipinski definition) is 6. The summed E-state index contributed by atoms with van der Waals surface area (Å²) < 4.78 is 5.78. The first-order valence-electron chi connectivity index (χ1n) is 8.22. The van der Waals surface area contributed by atoms with Gasteiger partial charge in [0.15, 0.2) is 0 Å². The standard InChI is InChI=1S/C18H17N5O3/c1-10-20-12(7-16(24)21-10)8-19-18-22-14-9-26-15-5-3-2-4-11(15)6-13(14)17(25)23-18/h2-5,7H,6,8-9H2,1H3,(H,20,21,24)(H2,19,22,23,25). The number of rotatable bonds is 3. The van der Waals surface area contributed by atoms with E-state index in [1.165, 1.54) is 6.07 Å². The summed E-state index contributed by atoms with van der Waals surface area (Å²) in [5.41, 5.74) is 2.31. The number of anilines is 1. The summed E-state index contributed by atoms with van der Waals surface area (Å²) in [4.78, 5) is 38.1. The highest BCUT2D eigenvalue weighted by atomic mass is 16.5. The van der Waals surface area contributed by atoms with E-state index in [-0.39, 0.29) is 24.3 Å².